The van der Waals surface area contributed by atoms with Crippen LogP contribution in [0.15, 0.2) is 28.7 Å². The van der Waals surface area contributed by atoms with E-state index in [-0.39, 0.29) is 6.10 Å². The molecule has 1 aliphatic heterocycles. The molecule has 0 spiro atoms. The molecule has 3 nitrogen and oxygen atoms in total. The standard InChI is InChI=1S/C14H12BrClN2O/c1-2-9-12(15)13(16)18-14(17-9)11-7-8-5-3-4-6-10(8)19-11/h3-6,11H,2,7H2,1H3. The van der Waals surface area contributed by atoms with Crippen LogP contribution in [-0.2, 0) is 12.8 Å². The Morgan fingerprint density at radius 3 is 2.89 bits per heavy atom. The van der Waals surface area contributed by atoms with Crippen LogP contribution in [0.3, 0.4) is 0 Å². The van der Waals surface area contributed by atoms with E-state index in [1.807, 2.05) is 25.1 Å². The van der Waals surface area contributed by atoms with Crippen molar-refractivity contribution >= 4 is 27.5 Å². The summed E-state index contributed by atoms with van der Waals surface area (Å²) in [5.74, 6) is 1.56. The molecule has 0 amide bonds. The molecule has 2 heterocycles. The van der Waals surface area contributed by atoms with Crippen molar-refractivity contribution in [3.05, 3.63) is 51.0 Å². The second kappa shape index (κ2) is 5.10. The van der Waals surface area contributed by atoms with Gasteiger partial charge in [0.15, 0.2) is 11.9 Å². The van der Waals surface area contributed by atoms with Gasteiger partial charge in [-0.2, -0.15) is 0 Å². The molecule has 0 N–H and O–H groups in total. The molecule has 0 bridgehead atoms. The van der Waals surface area contributed by atoms with Gasteiger partial charge in [-0.25, -0.2) is 9.97 Å². The Hall–Kier alpha value is -1.13. The fraction of sp³-hybridized carbons (Fsp3) is 0.286. The number of halogens is 2. The van der Waals surface area contributed by atoms with Gasteiger partial charge >= 0.3 is 0 Å². The lowest BCUT2D eigenvalue weighted by molar-refractivity contribution is 0.227. The minimum atomic E-state index is -0.145. The number of hydrogen-bond donors (Lipinski definition) is 0. The second-order valence-corrected chi connectivity index (χ2v) is 5.56. The first-order valence-corrected chi connectivity index (χ1v) is 7.32. The molecule has 0 radical (unpaired) electrons. The van der Waals surface area contributed by atoms with Gasteiger partial charge in [-0.15, -0.1) is 0 Å². The van der Waals surface area contributed by atoms with E-state index >= 15 is 0 Å². The van der Waals surface area contributed by atoms with Crippen LogP contribution in [0.25, 0.3) is 0 Å². The van der Waals surface area contributed by atoms with E-state index in [2.05, 4.69) is 32.0 Å². The molecule has 5 heteroatoms. The summed E-state index contributed by atoms with van der Waals surface area (Å²) in [5.41, 5.74) is 2.10. The summed E-state index contributed by atoms with van der Waals surface area (Å²) in [6.07, 6.45) is 1.44. The first-order chi connectivity index (χ1) is 9.19. The fourth-order valence-electron chi connectivity index (χ4n) is 2.19. The molecule has 0 fully saturated rings. The Labute approximate surface area is 125 Å². The van der Waals surface area contributed by atoms with Crippen molar-refractivity contribution in [2.75, 3.05) is 0 Å². The monoisotopic (exact) mass is 338 g/mol. The predicted molar refractivity (Wildman–Crippen MR) is 77.6 cm³/mol. The highest BCUT2D eigenvalue weighted by Crippen LogP contribution is 2.36. The number of aryl methyl sites for hydroxylation is 1. The number of benzene rings is 1. The third-order valence-electron chi connectivity index (χ3n) is 3.17. The minimum absolute atomic E-state index is 0.145. The SMILES string of the molecule is CCc1nc(C2Cc3ccccc3O2)nc(Cl)c1Br. The molecule has 0 saturated heterocycles. The highest BCUT2D eigenvalue weighted by molar-refractivity contribution is 9.10. The maximum Gasteiger partial charge on any atom is 0.171 e. The Balaban J connectivity index is 1.95. The smallest absolute Gasteiger partial charge is 0.171 e. The van der Waals surface area contributed by atoms with Crippen molar-refractivity contribution < 1.29 is 4.74 Å². The van der Waals surface area contributed by atoms with Gasteiger partial charge < -0.3 is 4.74 Å². The topological polar surface area (TPSA) is 35.0 Å². The zero-order chi connectivity index (χ0) is 13.4. The van der Waals surface area contributed by atoms with Gasteiger partial charge in [0.1, 0.15) is 10.9 Å². The van der Waals surface area contributed by atoms with E-state index in [0.717, 1.165) is 28.8 Å². The average molecular weight is 340 g/mol. The summed E-state index contributed by atoms with van der Waals surface area (Å²) in [6, 6.07) is 8.01. The molecule has 1 aromatic heterocycles. The molecule has 98 valence electrons. The van der Waals surface area contributed by atoms with E-state index in [9.17, 15) is 0 Å². The van der Waals surface area contributed by atoms with Gasteiger partial charge in [0.05, 0.1) is 10.2 Å². The molecule has 3 rings (SSSR count). The van der Waals surface area contributed by atoms with Crippen LogP contribution in [-0.4, -0.2) is 9.97 Å². The predicted octanol–water partition coefficient (Wildman–Crippen LogP) is 4.13. The fourth-order valence-corrected chi connectivity index (χ4v) is 2.84. The van der Waals surface area contributed by atoms with E-state index in [1.54, 1.807) is 0 Å². The molecular weight excluding hydrogens is 328 g/mol. The zero-order valence-electron chi connectivity index (χ0n) is 10.4. The van der Waals surface area contributed by atoms with Gasteiger partial charge in [-0.05, 0) is 34.0 Å². The van der Waals surface area contributed by atoms with Crippen molar-refractivity contribution in [3.63, 3.8) is 0 Å². The van der Waals surface area contributed by atoms with Crippen molar-refractivity contribution in [1.29, 1.82) is 0 Å². The highest BCUT2D eigenvalue weighted by Gasteiger charge is 2.27. The van der Waals surface area contributed by atoms with Crippen LogP contribution < -0.4 is 4.74 Å². The number of ether oxygens (including phenoxy) is 1. The normalized spacial score (nSPS) is 17.1. The Kier molecular flexibility index (Phi) is 3.46. The Bertz CT molecular complexity index is 608. The van der Waals surface area contributed by atoms with Gasteiger partial charge in [0.2, 0.25) is 0 Å². The van der Waals surface area contributed by atoms with E-state index in [4.69, 9.17) is 16.3 Å². The maximum absolute atomic E-state index is 6.13. The maximum atomic E-state index is 6.13. The van der Waals surface area contributed by atoms with Gasteiger partial charge in [0.25, 0.3) is 0 Å². The van der Waals surface area contributed by atoms with Crippen molar-refractivity contribution in [1.82, 2.24) is 9.97 Å². The number of para-hydroxylation sites is 1. The molecule has 1 aromatic carbocycles. The molecule has 0 aliphatic carbocycles. The van der Waals surface area contributed by atoms with Crippen molar-refractivity contribution in [3.8, 4) is 5.75 Å². The van der Waals surface area contributed by atoms with E-state index in [0.29, 0.717) is 11.0 Å². The number of rotatable bonds is 2. The van der Waals surface area contributed by atoms with E-state index in [1.165, 1.54) is 5.56 Å². The molecule has 1 aliphatic rings. The number of aromatic nitrogens is 2. The van der Waals surface area contributed by atoms with Crippen molar-refractivity contribution in [2.45, 2.75) is 25.9 Å². The van der Waals surface area contributed by atoms with Gasteiger partial charge in [-0.1, -0.05) is 36.7 Å². The van der Waals surface area contributed by atoms with Crippen LogP contribution in [0.1, 0.15) is 30.1 Å². The van der Waals surface area contributed by atoms with Crippen LogP contribution in [0.5, 0.6) is 5.75 Å². The summed E-state index contributed by atoms with van der Waals surface area (Å²) in [6.45, 7) is 2.04. The molecule has 2 aromatic rings. The van der Waals surface area contributed by atoms with Crippen LogP contribution >= 0.6 is 27.5 Å². The number of nitrogens with zero attached hydrogens (tertiary/aromatic N) is 2. The van der Waals surface area contributed by atoms with Crippen LogP contribution in [0, 0.1) is 0 Å². The summed E-state index contributed by atoms with van der Waals surface area (Å²) in [7, 11) is 0. The molecule has 1 unspecified atom stereocenters. The van der Waals surface area contributed by atoms with Gasteiger partial charge in [-0.3, -0.25) is 0 Å². The summed E-state index contributed by atoms with van der Waals surface area (Å²) >= 11 is 9.55. The lowest BCUT2D eigenvalue weighted by Gasteiger charge is -2.12. The van der Waals surface area contributed by atoms with Crippen LogP contribution in [0.2, 0.25) is 5.15 Å². The number of hydrogen-bond acceptors (Lipinski definition) is 3. The van der Waals surface area contributed by atoms with Crippen LogP contribution in [0.4, 0.5) is 0 Å². The first-order valence-electron chi connectivity index (χ1n) is 6.15. The first kappa shape index (κ1) is 12.9. The Morgan fingerprint density at radius 2 is 2.16 bits per heavy atom. The summed E-state index contributed by atoms with van der Waals surface area (Å²) in [4.78, 5) is 8.88. The zero-order valence-corrected chi connectivity index (χ0v) is 12.7. The van der Waals surface area contributed by atoms with Gasteiger partial charge in [0, 0.05) is 6.42 Å². The lowest BCUT2D eigenvalue weighted by atomic mass is 10.1. The highest BCUT2D eigenvalue weighted by atomic mass is 79.9. The summed E-state index contributed by atoms with van der Waals surface area (Å²) < 4.78 is 6.66. The molecule has 1 atom stereocenters. The largest absolute Gasteiger partial charge is 0.482 e. The third kappa shape index (κ3) is 2.35. The molecular formula is C14H12BrClN2O. The lowest BCUT2D eigenvalue weighted by Crippen LogP contribution is -2.10. The molecule has 19 heavy (non-hydrogen) atoms. The third-order valence-corrected chi connectivity index (χ3v) is 4.50. The van der Waals surface area contributed by atoms with E-state index < -0.39 is 0 Å². The minimum Gasteiger partial charge on any atom is -0.482 e. The number of fused-ring (bicyclic) bond motifs is 1. The Morgan fingerprint density at radius 1 is 1.37 bits per heavy atom. The second-order valence-electron chi connectivity index (χ2n) is 4.41. The molecule has 0 saturated carbocycles. The quantitative estimate of drug-likeness (QED) is 0.772. The van der Waals surface area contributed by atoms with Crippen molar-refractivity contribution in [2.24, 2.45) is 0 Å². The average Bonchev–Trinajstić information content (AvgIpc) is 2.85. The summed E-state index contributed by atoms with van der Waals surface area (Å²) in [5, 5.41) is 0.446.